The SMILES string of the molecule is Cc1c[n+](CC(=O)[O-])c(C)n1C. The molecule has 0 aliphatic rings. The molecule has 4 nitrogen and oxygen atoms in total. The second kappa shape index (κ2) is 2.97. The summed E-state index contributed by atoms with van der Waals surface area (Å²) in [7, 11) is 1.90. The molecule has 4 heteroatoms. The zero-order valence-corrected chi connectivity index (χ0v) is 7.50. The van der Waals surface area contributed by atoms with Gasteiger partial charge in [0, 0.05) is 13.8 Å². The monoisotopic (exact) mass is 168 g/mol. The molecule has 12 heavy (non-hydrogen) atoms. The van der Waals surface area contributed by atoms with Gasteiger partial charge in [-0.05, 0) is 0 Å². The first-order valence-corrected chi connectivity index (χ1v) is 3.74. The van der Waals surface area contributed by atoms with Gasteiger partial charge in [-0.25, -0.2) is 9.13 Å². The number of nitrogens with zero attached hydrogens (tertiary/aromatic N) is 2. The summed E-state index contributed by atoms with van der Waals surface area (Å²) in [6.07, 6.45) is 1.80. The van der Waals surface area contributed by atoms with Crippen LogP contribution in [-0.2, 0) is 18.4 Å². The fraction of sp³-hybridized carbons (Fsp3) is 0.500. The predicted octanol–water partition coefficient (Wildman–Crippen LogP) is -1.32. The number of carbonyl (C=O) groups excluding carboxylic acids is 1. The minimum atomic E-state index is -1.06. The second-order valence-corrected chi connectivity index (χ2v) is 2.88. The highest BCUT2D eigenvalue weighted by atomic mass is 16.4. The van der Waals surface area contributed by atoms with Gasteiger partial charge in [-0.15, -0.1) is 0 Å². The molecule has 0 saturated heterocycles. The average molecular weight is 168 g/mol. The van der Waals surface area contributed by atoms with Crippen LogP contribution in [0.25, 0.3) is 0 Å². The third-order valence-electron chi connectivity index (χ3n) is 2.07. The van der Waals surface area contributed by atoms with E-state index in [1.807, 2.05) is 25.5 Å². The molecule has 1 aromatic rings. The smallest absolute Gasteiger partial charge is 0.253 e. The van der Waals surface area contributed by atoms with Gasteiger partial charge in [0.2, 0.25) is 0 Å². The maximum absolute atomic E-state index is 10.3. The number of aliphatic carboxylic acids is 1. The van der Waals surface area contributed by atoms with E-state index >= 15 is 0 Å². The van der Waals surface area contributed by atoms with E-state index in [1.165, 1.54) is 0 Å². The van der Waals surface area contributed by atoms with Gasteiger partial charge in [0.15, 0.2) is 0 Å². The Balaban J connectivity index is 3.01. The van der Waals surface area contributed by atoms with Crippen molar-refractivity contribution in [1.29, 1.82) is 0 Å². The van der Waals surface area contributed by atoms with E-state index in [0.717, 1.165) is 11.5 Å². The maximum Gasteiger partial charge on any atom is 0.253 e. The lowest BCUT2D eigenvalue weighted by atomic mass is 10.5. The van der Waals surface area contributed by atoms with Gasteiger partial charge in [0.25, 0.3) is 5.82 Å². The summed E-state index contributed by atoms with van der Waals surface area (Å²) >= 11 is 0. The van der Waals surface area contributed by atoms with Crippen molar-refractivity contribution in [2.45, 2.75) is 20.4 Å². The fourth-order valence-electron chi connectivity index (χ4n) is 1.15. The molecule has 0 amide bonds. The summed E-state index contributed by atoms with van der Waals surface area (Å²) in [5, 5.41) is 10.3. The number of aromatic nitrogens is 2. The zero-order valence-electron chi connectivity index (χ0n) is 7.50. The number of carboxylic acid groups (broad SMARTS) is 1. The maximum atomic E-state index is 10.3. The molecule has 0 aromatic carbocycles. The van der Waals surface area contributed by atoms with E-state index < -0.39 is 5.97 Å². The van der Waals surface area contributed by atoms with Crippen LogP contribution in [0.5, 0.6) is 0 Å². The van der Waals surface area contributed by atoms with Crippen LogP contribution in [0.3, 0.4) is 0 Å². The lowest BCUT2D eigenvalue weighted by molar-refractivity contribution is -0.696. The molecule has 0 spiro atoms. The van der Waals surface area contributed by atoms with E-state index in [9.17, 15) is 9.90 Å². The Hall–Kier alpha value is -1.32. The van der Waals surface area contributed by atoms with Crippen LogP contribution in [0.2, 0.25) is 0 Å². The normalized spacial score (nSPS) is 10.2. The molecule has 0 fully saturated rings. The van der Waals surface area contributed by atoms with E-state index in [1.54, 1.807) is 10.8 Å². The highest BCUT2D eigenvalue weighted by Crippen LogP contribution is 1.96. The van der Waals surface area contributed by atoms with Crippen molar-refractivity contribution in [3.05, 3.63) is 17.7 Å². The number of rotatable bonds is 2. The number of imidazole rings is 1. The Morgan fingerprint density at radius 3 is 2.58 bits per heavy atom. The first-order valence-electron chi connectivity index (χ1n) is 3.74. The quantitative estimate of drug-likeness (QED) is 0.514. The van der Waals surface area contributed by atoms with E-state index in [-0.39, 0.29) is 6.54 Å². The standard InChI is InChI=1S/C8H12N2O2/c1-6-4-10(5-8(11)12)7(2)9(6)3/h4H,5H2,1-3H3. The Kier molecular flexibility index (Phi) is 2.17. The van der Waals surface area contributed by atoms with E-state index in [0.29, 0.717) is 0 Å². The third-order valence-corrected chi connectivity index (χ3v) is 2.07. The molecular formula is C8H12N2O2. The van der Waals surface area contributed by atoms with E-state index in [4.69, 9.17) is 0 Å². The Morgan fingerprint density at radius 2 is 2.25 bits per heavy atom. The minimum Gasteiger partial charge on any atom is -0.546 e. The molecule has 0 radical (unpaired) electrons. The van der Waals surface area contributed by atoms with Gasteiger partial charge >= 0.3 is 0 Å². The molecule has 1 heterocycles. The molecule has 0 bridgehead atoms. The van der Waals surface area contributed by atoms with Crippen LogP contribution >= 0.6 is 0 Å². The Labute approximate surface area is 71.1 Å². The van der Waals surface area contributed by atoms with Crippen molar-refractivity contribution in [3.63, 3.8) is 0 Å². The van der Waals surface area contributed by atoms with Crippen molar-refractivity contribution >= 4 is 5.97 Å². The van der Waals surface area contributed by atoms with Crippen molar-refractivity contribution in [3.8, 4) is 0 Å². The molecule has 1 aromatic heterocycles. The fourth-order valence-corrected chi connectivity index (χ4v) is 1.15. The Morgan fingerprint density at radius 1 is 1.67 bits per heavy atom. The molecule has 1 rings (SSSR count). The lowest BCUT2D eigenvalue weighted by Crippen LogP contribution is -2.44. The highest BCUT2D eigenvalue weighted by Gasteiger charge is 2.12. The molecule has 0 atom stereocenters. The number of hydrogen-bond donors (Lipinski definition) is 0. The number of carboxylic acids is 1. The van der Waals surface area contributed by atoms with Gasteiger partial charge < -0.3 is 9.90 Å². The van der Waals surface area contributed by atoms with Gasteiger partial charge in [0.1, 0.15) is 18.4 Å². The first-order chi connectivity index (χ1) is 5.52. The van der Waals surface area contributed by atoms with Crippen LogP contribution in [-0.4, -0.2) is 10.5 Å². The zero-order chi connectivity index (χ0) is 9.30. The molecule has 66 valence electrons. The average Bonchev–Trinajstić information content (AvgIpc) is 2.17. The number of carbonyl (C=O) groups is 1. The third kappa shape index (κ3) is 1.47. The largest absolute Gasteiger partial charge is 0.546 e. The van der Waals surface area contributed by atoms with Crippen molar-refractivity contribution in [2.75, 3.05) is 0 Å². The highest BCUT2D eigenvalue weighted by molar-refractivity contribution is 5.62. The van der Waals surface area contributed by atoms with Gasteiger partial charge in [-0.1, -0.05) is 0 Å². The molecule has 0 aliphatic carbocycles. The summed E-state index contributed by atoms with van der Waals surface area (Å²) < 4.78 is 3.59. The van der Waals surface area contributed by atoms with Crippen molar-refractivity contribution in [2.24, 2.45) is 7.05 Å². The summed E-state index contributed by atoms with van der Waals surface area (Å²) in [5.74, 6) is -0.148. The lowest BCUT2D eigenvalue weighted by Gasteiger charge is -1.98. The number of hydrogen-bond acceptors (Lipinski definition) is 2. The van der Waals surface area contributed by atoms with Crippen LogP contribution in [0.4, 0.5) is 0 Å². The second-order valence-electron chi connectivity index (χ2n) is 2.88. The molecular weight excluding hydrogens is 156 g/mol. The van der Waals surface area contributed by atoms with Gasteiger partial charge in [-0.2, -0.15) is 0 Å². The summed E-state index contributed by atoms with van der Waals surface area (Å²) in [4.78, 5) is 10.3. The summed E-state index contributed by atoms with van der Waals surface area (Å²) in [6.45, 7) is 3.72. The predicted molar refractivity (Wildman–Crippen MR) is 40.1 cm³/mol. The molecule has 0 unspecified atom stereocenters. The topological polar surface area (TPSA) is 48.9 Å². The van der Waals surface area contributed by atoms with Crippen LogP contribution in [0.15, 0.2) is 6.20 Å². The van der Waals surface area contributed by atoms with Crippen LogP contribution < -0.4 is 9.67 Å². The van der Waals surface area contributed by atoms with E-state index in [2.05, 4.69) is 0 Å². The van der Waals surface area contributed by atoms with Crippen molar-refractivity contribution in [1.82, 2.24) is 4.57 Å². The van der Waals surface area contributed by atoms with Gasteiger partial charge in [0.05, 0.1) is 13.0 Å². The van der Waals surface area contributed by atoms with Gasteiger partial charge in [-0.3, -0.25) is 0 Å². The summed E-state index contributed by atoms with van der Waals surface area (Å²) in [6, 6.07) is 0. The van der Waals surface area contributed by atoms with Crippen LogP contribution in [0, 0.1) is 13.8 Å². The van der Waals surface area contributed by atoms with Crippen molar-refractivity contribution < 1.29 is 14.5 Å². The first kappa shape index (κ1) is 8.77. The molecule has 0 saturated carbocycles. The van der Waals surface area contributed by atoms with Crippen LogP contribution in [0.1, 0.15) is 11.5 Å². The number of aryl methyl sites for hydroxylation is 1. The molecule has 0 aliphatic heterocycles. The molecule has 0 N–H and O–H groups in total. The minimum absolute atomic E-state index is 0.0759. The summed E-state index contributed by atoms with van der Waals surface area (Å²) in [5.41, 5.74) is 1.04. The Bertz CT molecular complexity index is 315.